The average molecular weight is 320 g/mol. The number of halogens is 1. The van der Waals surface area contributed by atoms with E-state index >= 15 is 0 Å². The first-order valence-corrected chi connectivity index (χ1v) is 7.48. The standard InChI is InChI=1S/C14H10ClN3O2S/c1-2-9-4-6-12(21-9)14-16-11-5-3-8(18(19)20)7-10(11)13(15)17-14/h3-7H,2H2,1H3. The number of hydrogen-bond acceptors (Lipinski definition) is 5. The molecular formula is C14H10ClN3O2S. The molecule has 2 heterocycles. The van der Waals surface area contributed by atoms with Crippen molar-refractivity contribution in [1.82, 2.24) is 9.97 Å². The Morgan fingerprint density at radius 3 is 2.76 bits per heavy atom. The molecule has 0 aliphatic carbocycles. The minimum Gasteiger partial charge on any atom is -0.258 e. The summed E-state index contributed by atoms with van der Waals surface area (Å²) in [5, 5.41) is 11.5. The van der Waals surface area contributed by atoms with Crippen molar-refractivity contribution in [3.63, 3.8) is 0 Å². The van der Waals surface area contributed by atoms with Crippen molar-refractivity contribution in [1.29, 1.82) is 0 Å². The highest BCUT2D eigenvalue weighted by molar-refractivity contribution is 7.15. The van der Waals surface area contributed by atoms with Gasteiger partial charge in [-0.1, -0.05) is 18.5 Å². The summed E-state index contributed by atoms with van der Waals surface area (Å²) in [7, 11) is 0. The summed E-state index contributed by atoms with van der Waals surface area (Å²) in [4.78, 5) is 21.2. The van der Waals surface area contributed by atoms with Crippen LogP contribution in [-0.2, 0) is 6.42 Å². The van der Waals surface area contributed by atoms with Crippen LogP contribution < -0.4 is 0 Å². The van der Waals surface area contributed by atoms with Gasteiger partial charge in [0.1, 0.15) is 5.15 Å². The number of fused-ring (bicyclic) bond motifs is 1. The number of thiophene rings is 1. The van der Waals surface area contributed by atoms with Gasteiger partial charge >= 0.3 is 0 Å². The lowest BCUT2D eigenvalue weighted by molar-refractivity contribution is -0.384. The van der Waals surface area contributed by atoms with Crippen molar-refractivity contribution in [3.8, 4) is 10.7 Å². The topological polar surface area (TPSA) is 68.9 Å². The van der Waals surface area contributed by atoms with E-state index in [-0.39, 0.29) is 10.8 Å². The van der Waals surface area contributed by atoms with Gasteiger partial charge in [-0.25, -0.2) is 9.97 Å². The van der Waals surface area contributed by atoms with Gasteiger partial charge in [0.2, 0.25) is 0 Å². The van der Waals surface area contributed by atoms with Gasteiger partial charge in [0, 0.05) is 22.4 Å². The first-order valence-electron chi connectivity index (χ1n) is 6.29. The van der Waals surface area contributed by atoms with Crippen molar-refractivity contribution >= 4 is 39.5 Å². The Morgan fingerprint density at radius 2 is 2.10 bits per heavy atom. The Balaban J connectivity index is 2.15. The van der Waals surface area contributed by atoms with E-state index in [1.165, 1.54) is 17.0 Å². The van der Waals surface area contributed by atoms with Crippen LogP contribution in [0, 0.1) is 10.1 Å². The predicted octanol–water partition coefficient (Wildman–Crippen LogP) is 4.48. The minimum atomic E-state index is -0.462. The van der Waals surface area contributed by atoms with Gasteiger partial charge in [-0.2, -0.15) is 0 Å². The summed E-state index contributed by atoms with van der Waals surface area (Å²) in [5.74, 6) is 0.547. The zero-order chi connectivity index (χ0) is 15.0. The normalized spacial score (nSPS) is 11.0. The van der Waals surface area contributed by atoms with Gasteiger partial charge in [0.25, 0.3) is 5.69 Å². The van der Waals surface area contributed by atoms with E-state index in [0.717, 1.165) is 11.3 Å². The second-order valence-electron chi connectivity index (χ2n) is 4.42. The first kappa shape index (κ1) is 13.9. The van der Waals surface area contributed by atoms with Crippen LogP contribution in [0.3, 0.4) is 0 Å². The number of rotatable bonds is 3. The third-order valence-electron chi connectivity index (χ3n) is 3.07. The molecular weight excluding hydrogens is 310 g/mol. The molecule has 1 aromatic carbocycles. The van der Waals surface area contributed by atoms with Crippen molar-refractivity contribution < 1.29 is 4.92 Å². The highest BCUT2D eigenvalue weighted by atomic mass is 35.5. The smallest absolute Gasteiger partial charge is 0.258 e. The number of benzene rings is 1. The Bertz CT molecular complexity index is 847. The van der Waals surface area contributed by atoms with Gasteiger partial charge < -0.3 is 0 Å². The van der Waals surface area contributed by atoms with E-state index in [1.807, 2.05) is 12.1 Å². The molecule has 0 radical (unpaired) electrons. The molecule has 2 aromatic heterocycles. The van der Waals surface area contributed by atoms with Gasteiger partial charge in [-0.05, 0) is 24.6 Å². The molecule has 0 fully saturated rings. The Labute approximate surface area is 129 Å². The Kier molecular flexibility index (Phi) is 3.57. The summed E-state index contributed by atoms with van der Waals surface area (Å²) in [5.41, 5.74) is 0.576. The SMILES string of the molecule is CCc1ccc(-c2nc(Cl)c3cc([N+](=O)[O-])ccc3n2)s1. The van der Waals surface area contributed by atoms with E-state index in [9.17, 15) is 10.1 Å². The van der Waals surface area contributed by atoms with Crippen molar-refractivity contribution in [2.24, 2.45) is 0 Å². The molecule has 0 atom stereocenters. The lowest BCUT2D eigenvalue weighted by Crippen LogP contribution is -1.92. The second kappa shape index (κ2) is 5.38. The lowest BCUT2D eigenvalue weighted by Gasteiger charge is -2.03. The molecule has 106 valence electrons. The maximum absolute atomic E-state index is 10.8. The lowest BCUT2D eigenvalue weighted by atomic mass is 10.2. The second-order valence-corrected chi connectivity index (χ2v) is 5.94. The summed E-state index contributed by atoms with van der Waals surface area (Å²) < 4.78 is 0. The average Bonchev–Trinajstić information content (AvgIpc) is 2.95. The molecule has 0 amide bonds. The molecule has 7 heteroatoms. The number of hydrogen-bond donors (Lipinski definition) is 0. The maximum Gasteiger partial charge on any atom is 0.270 e. The molecule has 0 saturated heterocycles. The van der Waals surface area contributed by atoms with E-state index in [0.29, 0.717) is 16.7 Å². The fraction of sp³-hybridized carbons (Fsp3) is 0.143. The van der Waals surface area contributed by atoms with Crippen LogP contribution in [0.2, 0.25) is 5.15 Å². The zero-order valence-electron chi connectivity index (χ0n) is 11.0. The van der Waals surface area contributed by atoms with Gasteiger partial charge in [-0.15, -0.1) is 11.3 Å². The molecule has 0 N–H and O–H groups in total. The number of non-ortho nitro benzene ring substituents is 1. The van der Waals surface area contributed by atoms with E-state index in [1.54, 1.807) is 17.4 Å². The van der Waals surface area contributed by atoms with E-state index in [4.69, 9.17) is 11.6 Å². The summed E-state index contributed by atoms with van der Waals surface area (Å²) in [6.07, 6.45) is 0.957. The molecule has 0 saturated carbocycles. The fourth-order valence-corrected chi connectivity index (χ4v) is 3.10. The van der Waals surface area contributed by atoms with Crippen molar-refractivity contribution in [3.05, 3.63) is 50.5 Å². The molecule has 3 aromatic rings. The molecule has 0 aliphatic rings. The zero-order valence-corrected chi connectivity index (χ0v) is 12.6. The van der Waals surface area contributed by atoms with Crippen LogP contribution in [0.15, 0.2) is 30.3 Å². The van der Waals surface area contributed by atoms with E-state index < -0.39 is 4.92 Å². The molecule has 0 bridgehead atoms. The number of nitro groups is 1. The molecule has 0 aliphatic heterocycles. The minimum absolute atomic E-state index is 0.0230. The highest BCUT2D eigenvalue weighted by Gasteiger charge is 2.13. The quantitative estimate of drug-likeness (QED) is 0.405. The van der Waals surface area contributed by atoms with Crippen LogP contribution in [0.1, 0.15) is 11.8 Å². The Hall–Kier alpha value is -2.05. The van der Waals surface area contributed by atoms with Crippen LogP contribution in [0.5, 0.6) is 0 Å². The summed E-state index contributed by atoms with van der Waals surface area (Å²) >= 11 is 7.78. The molecule has 21 heavy (non-hydrogen) atoms. The van der Waals surface area contributed by atoms with Gasteiger partial charge in [-0.3, -0.25) is 10.1 Å². The van der Waals surface area contributed by atoms with Crippen LogP contribution in [0.4, 0.5) is 5.69 Å². The Morgan fingerprint density at radius 1 is 1.29 bits per heavy atom. The van der Waals surface area contributed by atoms with Gasteiger partial charge in [0.15, 0.2) is 5.82 Å². The van der Waals surface area contributed by atoms with Crippen LogP contribution in [0.25, 0.3) is 21.6 Å². The predicted molar refractivity (Wildman–Crippen MR) is 83.9 cm³/mol. The highest BCUT2D eigenvalue weighted by Crippen LogP contribution is 2.31. The maximum atomic E-state index is 10.8. The number of aryl methyl sites for hydroxylation is 1. The van der Waals surface area contributed by atoms with Crippen LogP contribution in [-0.4, -0.2) is 14.9 Å². The third kappa shape index (κ3) is 2.59. The van der Waals surface area contributed by atoms with Crippen LogP contribution >= 0.6 is 22.9 Å². The summed E-state index contributed by atoms with van der Waals surface area (Å²) in [6.45, 7) is 2.09. The van der Waals surface area contributed by atoms with Crippen molar-refractivity contribution in [2.45, 2.75) is 13.3 Å². The number of nitrogens with zero attached hydrogens (tertiary/aromatic N) is 3. The molecule has 3 rings (SSSR count). The largest absolute Gasteiger partial charge is 0.270 e. The summed E-state index contributed by atoms with van der Waals surface area (Å²) in [6, 6.07) is 8.41. The van der Waals surface area contributed by atoms with Crippen molar-refractivity contribution in [2.75, 3.05) is 0 Å². The number of nitro benzene ring substituents is 1. The monoisotopic (exact) mass is 319 g/mol. The first-order chi connectivity index (χ1) is 10.1. The van der Waals surface area contributed by atoms with E-state index in [2.05, 4.69) is 16.9 Å². The van der Waals surface area contributed by atoms with Gasteiger partial charge in [0.05, 0.1) is 15.3 Å². The fourth-order valence-electron chi connectivity index (χ4n) is 1.99. The third-order valence-corrected chi connectivity index (χ3v) is 4.59. The molecule has 0 spiro atoms. The molecule has 5 nitrogen and oxygen atoms in total. The molecule has 0 unspecified atom stereocenters. The number of aromatic nitrogens is 2.